The van der Waals surface area contributed by atoms with Gasteiger partial charge in [-0.1, -0.05) is 48.5 Å². The van der Waals surface area contributed by atoms with Crippen LogP contribution in [0.5, 0.6) is 5.75 Å². The number of aromatic nitrogens is 1. The van der Waals surface area contributed by atoms with E-state index < -0.39 is 0 Å². The quantitative estimate of drug-likeness (QED) is 0.506. The van der Waals surface area contributed by atoms with Gasteiger partial charge in [-0.3, -0.25) is 4.79 Å². The Morgan fingerprint density at radius 1 is 1.03 bits per heavy atom. The minimum absolute atomic E-state index is 0.133. The number of aryl methyl sites for hydroxylation is 2. The van der Waals surface area contributed by atoms with Crippen molar-refractivity contribution in [3.05, 3.63) is 77.5 Å². The maximum Gasteiger partial charge on any atom is 0.184 e. The number of Topliss-reactive ketones (excluding diaryl/α,β-unsaturated/α-hetero) is 1. The van der Waals surface area contributed by atoms with Gasteiger partial charge in [0.15, 0.2) is 5.78 Å². The molecule has 4 aromatic rings. The van der Waals surface area contributed by atoms with Gasteiger partial charge in [0.05, 0.1) is 29.9 Å². The van der Waals surface area contributed by atoms with Gasteiger partial charge in [0, 0.05) is 29.3 Å². The van der Waals surface area contributed by atoms with E-state index in [1.165, 1.54) is 16.5 Å². The van der Waals surface area contributed by atoms with Gasteiger partial charge in [-0.2, -0.15) is 0 Å². The molecule has 0 saturated heterocycles. The zero-order valence-electron chi connectivity index (χ0n) is 17.6. The molecule has 0 aliphatic carbocycles. The first kappa shape index (κ1) is 18.3. The molecule has 0 saturated carbocycles. The lowest BCUT2D eigenvalue weighted by Crippen LogP contribution is -2.11. The van der Waals surface area contributed by atoms with Crippen LogP contribution < -0.4 is 10.1 Å². The molecule has 154 valence electrons. The minimum Gasteiger partial charge on any atom is -0.493 e. The van der Waals surface area contributed by atoms with Crippen LogP contribution in [-0.4, -0.2) is 23.5 Å². The fourth-order valence-electron chi connectivity index (χ4n) is 5.22. The van der Waals surface area contributed by atoms with Crippen molar-refractivity contribution in [3.8, 4) is 5.75 Å². The summed E-state index contributed by atoms with van der Waals surface area (Å²) in [6.07, 6.45) is 4.41. The second-order valence-corrected chi connectivity index (χ2v) is 8.27. The van der Waals surface area contributed by atoms with E-state index in [0.29, 0.717) is 13.2 Å². The number of hydrogen-bond acceptors (Lipinski definition) is 3. The highest BCUT2D eigenvalue weighted by molar-refractivity contribution is 6.34. The van der Waals surface area contributed by atoms with Gasteiger partial charge in [0.1, 0.15) is 5.75 Å². The number of carbonyl (C=O) groups excluding carboxylic acids is 1. The molecule has 0 radical (unpaired) electrons. The van der Waals surface area contributed by atoms with Crippen molar-refractivity contribution in [2.24, 2.45) is 0 Å². The summed E-state index contributed by atoms with van der Waals surface area (Å²) in [5, 5.41) is 6.82. The molecule has 3 aromatic carbocycles. The van der Waals surface area contributed by atoms with Gasteiger partial charge in [-0.25, -0.2) is 0 Å². The Morgan fingerprint density at radius 2 is 1.90 bits per heavy atom. The first-order chi connectivity index (χ1) is 15.3. The average Bonchev–Trinajstić information content (AvgIpc) is 3.35. The van der Waals surface area contributed by atoms with Crippen LogP contribution in [0.25, 0.3) is 32.9 Å². The third kappa shape index (κ3) is 2.71. The highest BCUT2D eigenvalue weighted by Crippen LogP contribution is 2.41. The number of benzene rings is 3. The van der Waals surface area contributed by atoms with E-state index >= 15 is 0 Å². The number of rotatable bonds is 4. The molecule has 0 unspecified atom stereocenters. The van der Waals surface area contributed by atoms with E-state index in [-0.39, 0.29) is 5.78 Å². The number of hydrogen-bond donors (Lipinski definition) is 1. The first-order valence-corrected chi connectivity index (χ1v) is 11.0. The van der Waals surface area contributed by atoms with E-state index in [1.54, 1.807) is 0 Å². The molecule has 0 spiro atoms. The Morgan fingerprint density at radius 3 is 2.81 bits per heavy atom. The van der Waals surface area contributed by atoms with Crippen molar-refractivity contribution < 1.29 is 9.53 Å². The lowest BCUT2D eigenvalue weighted by molar-refractivity contribution is -0.112. The van der Waals surface area contributed by atoms with Gasteiger partial charge in [-0.15, -0.1) is 0 Å². The lowest BCUT2D eigenvalue weighted by Gasteiger charge is -2.16. The summed E-state index contributed by atoms with van der Waals surface area (Å²) < 4.78 is 8.35. The summed E-state index contributed by atoms with van der Waals surface area (Å²) >= 11 is 0. The van der Waals surface area contributed by atoms with Crippen molar-refractivity contribution >= 4 is 38.7 Å². The predicted octanol–water partition coefficient (Wildman–Crippen LogP) is 5.18. The van der Waals surface area contributed by atoms with Crippen LogP contribution in [0, 0.1) is 0 Å². The van der Waals surface area contributed by atoms with Crippen molar-refractivity contribution in [1.29, 1.82) is 0 Å². The second-order valence-electron chi connectivity index (χ2n) is 8.27. The van der Waals surface area contributed by atoms with Crippen LogP contribution in [-0.2, 0) is 17.8 Å². The fraction of sp³-hybridized carbons (Fsp3) is 0.222. The number of nitrogens with one attached hydrogen (secondary N) is 1. The number of ketones is 1. The zero-order valence-corrected chi connectivity index (χ0v) is 17.6. The number of fused-ring (bicyclic) bond motifs is 1. The van der Waals surface area contributed by atoms with Gasteiger partial charge in [-0.05, 0) is 42.2 Å². The molecule has 0 bridgehead atoms. The Labute approximate surface area is 181 Å². The summed E-state index contributed by atoms with van der Waals surface area (Å²) in [5.41, 5.74) is 6.31. The number of para-hydroxylation sites is 1. The smallest absolute Gasteiger partial charge is 0.184 e. The summed E-state index contributed by atoms with van der Waals surface area (Å²) in [6, 6.07) is 18.9. The van der Waals surface area contributed by atoms with Crippen molar-refractivity contribution in [2.45, 2.75) is 26.3 Å². The van der Waals surface area contributed by atoms with Crippen molar-refractivity contribution in [1.82, 2.24) is 9.88 Å². The van der Waals surface area contributed by atoms with Gasteiger partial charge >= 0.3 is 0 Å². The molecular formula is C27H24N2O2. The molecule has 2 aliphatic rings. The van der Waals surface area contributed by atoms with Crippen LogP contribution >= 0.6 is 0 Å². The monoisotopic (exact) mass is 408 g/mol. The van der Waals surface area contributed by atoms with E-state index in [2.05, 4.69) is 52.5 Å². The van der Waals surface area contributed by atoms with Crippen LogP contribution in [0.4, 0.5) is 0 Å². The predicted molar refractivity (Wildman–Crippen MR) is 125 cm³/mol. The largest absolute Gasteiger partial charge is 0.493 e. The molecule has 4 nitrogen and oxygen atoms in total. The Kier molecular flexibility index (Phi) is 4.13. The third-order valence-electron chi connectivity index (χ3n) is 6.49. The number of nitrogens with zero attached hydrogens (tertiary/aromatic N) is 1. The zero-order chi connectivity index (χ0) is 20.9. The van der Waals surface area contributed by atoms with E-state index in [4.69, 9.17) is 4.74 Å². The summed E-state index contributed by atoms with van der Waals surface area (Å²) in [7, 11) is 0. The summed E-state index contributed by atoms with van der Waals surface area (Å²) in [6.45, 7) is 3.87. The number of carbonyl (C=O) groups is 1. The standard InChI is InChI=1S/C27H24N2O2/c1-2-31-23-13-12-17-7-3-4-10-19(17)25(23)26-24(22(30)15-28-26)21-16-29-14-6-9-18-8-5-11-20(21)27(18)29/h3-5,7-8,10-13,16,28H,2,6,9,14-15H2,1H3. The second kappa shape index (κ2) is 7.02. The Balaban J connectivity index is 1.68. The van der Waals surface area contributed by atoms with Crippen LogP contribution in [0.1, 0.15) is 30.0 Å². The van der Waals surface area contributed by atoms with E-state index in [9.17, 15) is 4.79 Å². The van der Waals surface area contributed by atoms with E-state index in [0.717, 1.165) is 58.3 Å². The van der Waals surface area contributed by atoms with Crippen LogP contribution in [0.2, 0.25) is 0 Å². The summed E-state index contributed by atoms with van der Waals surface area (Å²) in [4.78, 5) is 13.2. The molecule has 6 rings (SSSR count). The van der Waals surface area contributed by atoms with Gasteiger partial charge in [0.25, 0.3) is 0 Å². The Hall–Kier alpha value is -3.53. The SMILES string of the molecule is CCOc1ccc2ccccc2c1C1=C(c2cn3c4c(cccc24)CCC3)C(=O)CN1. The van der Waals surface area contributed by atoms with Crippen molar-refractivity contribution in [3.63, 3.8) is 0 Å². The topological polar surface area (TPSA) is 43.3 Å². The molecule has 1 N–H and O–H groups in total. The molecule has 1 aromatic heterocycles. The molecule has 0 amide bonds. The normalized spacial score (nSPS) is 15.7. The first-order valence-electron chi connectivity index (χ1n) is 11.0. The molecule has 31 heavy (non-hydrogen) atoms. The lowest BCUT2D eigenvalue weighted by atomic mass is 9.94. The minimum atomic E-state index is 0.133. The fourth-order valence-corrected chi connectivity index (χ4v) is 5.22. The average molecular weight is 409 g/mol. The molecule has 0 atom stereocenters. The van der Waals surface area contributed by atoms with Crippen LogP contribution in [0.3, 0.4) is 0 Å². The molecule has 0 fully saturated rings. The molecule has 3 heterocycles. The van der Waals surface area contributed by atoms with Crippen molar-refractivity contribution in [2.75, 3.05) is 13.2 Å². The Bertz CT molecular complexity index is 1390. The summed E-state index contributed by atoms with van der Waals surface area (Å²) in [5.74, 6) is 0.943. The molecule has 4 heteroatoms. The van der Waals surface area contributed by atoms with Crippen LogP contribution in [0.15, 0.2) is 60.8 Å². The highest BCUT2D eigenvalue weighted by Gasteiger charge is 2.31. The third-order valence-corrected chi connectivity index (χ3v) is 6.49. The maximum absolute atomic E-state index is 13.2. The van der Waals surface area contributed by atoms with Gasteiger partial charge in [0.2, 0.25) is 0 Å². The number of ether oxygens (including phenoxy) is 1. The van der Waals surface area contributed by atoms with E-state index in [1.807, 2.05) is 25.1 Å². The molecular weight excluding hydrogens is 384 g/mol. The molecule has 2 aliphatic heterocycles. The highest BCUT2D eigenvalue weighted by atomic mass is 16.5. The maximum atomic E-state index is 13.2. The van der Waals surface area contributed by atoms with Gasteiger partial charge < -0.3 is 14.6 Å².